The van der Waals surface area contributed by atoms with Crippen LogP contribution in [0.25, 0.3) is 0 Å². The second-order valence-electron chi connectivity index (χ2n) is 4.09. The molecule has 88 valence electrons. The van der Waals surface area contributed by atoms with Crippen LogP contribution in [0.2, 0.25) is 0 Å². The number of nitrogens with one attached hydrogen (secondary N) is 1. The Hall–Kier alpha value is -0.100. The van der Waals surface area contributed by atoms with Gasteiger partial charge in [-0.25, -0.2) is 8.42 Å². The first-order chi connectivity index (χ1) is 6.87. The Labute approximate surface area is 98.9 Å². The van der Waals surface area contributed by atoms with Crippen LogP contribution in [0.15, 0.2) is 0 Å². The normalized spacial score (nSPS) is 27.3. The third kappa shape index (κ3) is 5.51. The smallest absolute Gasteiger partial charge is 0.235 e. The van der Waals surface area contributed by atoms with Gasteiger partial charge in [-0.3, -0.25) is 4.79 Å². The van der Waals surface area contributed by atoms with Gasteiger partial charge in [-0.2, -0.15) is 0 Å². The Bertz CT molecular complexity index is 320. The zero-order chi connectivity index (χ0) is 11.5. The maximum atomic E-state index is 11.3. The van der Waals surface area contributed by atoms with Gasteiger partial charge in [-0.1, -0.05) is 15.9 Å². The maximum Gasteiger partial charge on any atom is 0.235 e. The van der Waals surface area contributed by atoms with Gasteiger partial charge in [0.1, 0.15) is 5.75 Å². The van der Waals surface area contributed by atoms with Crippen LogP contribution in [0, 0.1) is 0 Å². The number of alkyl halides is 1. The van der Waals surface area contributed by atoms with Gasteiger partial charge in [0.2, 0.25) is 5.91 Å². The summed E-state index contributed by atoms with van der Waals surface area (Å²) in [5.74, 6) is -0.781. The van der Waals surface area contributed by atoms with Crippen molar-refractivity contribution in [2.24, 2.45) is 0 Å². The number of hydrogen-bond donors (Lipinski definition) is 1. The van der Waals surface area contributed by atoms with Crippen LogP contribution in [0.3, 0.4) is 0 Å². The van der Waals surface area contributed by atoms with E-state index in [1.807, 2.05) is 0 Å². The number of amides is 1. The molecule has 0 atom stereocenters. The third-order valence-corrected chi connectivity index (χ3v) is 4.12. The molecule has 1 fully saturated rings. The SMILES string of the molecule is CS(=O)(=O)CC(=O)NC1CCC(Br)CC1. The predicted molar refractivity (Wildman–Crippen MR) is 62.8 cm³/mol. The highest BCUT2D eigenvalue weighted by molar-refractivity contribution is 9.09. The highest BCUT2D eigenvalue weighted by Crippen LogP contribution is 2.24. The first kappa shape index (κ1) is 13.0. The molecule has 1 aliphatic carbocycles. The fourth-order valence-electron chi connectivity index (χ4n) is 1.70. The molecule has 0 saturated heterocycles. The van der Waals surface area contributed by atoms with Crippen LogP contribution in [0.5, 0.6) is 0 Å². The molecule has 0 unspecified atom stereocenters. The van der Waals surface area contributed by atoms with E-state index in [2.05, 4.69) is 21.2 Å². The molecule has 0 aromatic carbocycles. The first-order valence-electron chi connectivity index (χ1n) is 4.98. The Morgan fingerprint density at radius 3 is 2.33 bits per heavy atom. The number of hydrogen-bond acceptors (Lipinski definition) is 3. The highest BCUT2D eigenvalue weighted by atomic mass is 79.9. The lowest BCUT2D eigenvalue weighted by Gasteiger charge is -2.25. The van der Waals surface area contributed by atoms with E-state index in [1.165, 1.54) is 0 Å². The van der Waals surface area contributed by atoms with Crippen molar-refractivity contribution >= 4 is 31.7 Å². The Morgan fingerprint density at radius 2 is 1.87 bits per heavy atom. The van der Waals surface area contributed by atoms with Crippen LogP contribution in [-0.4, -0.2) is 37.2 Å². The maximum absolute atomic E-state index is 11.3. The Morgan fingerprint density at radius 1 is 1.33 bits per heavy atom. The van der Waals surface area contributed by atoms with Crippen molar-refractivity contribution in [3.63, 3.8) is 0 Å². The molecule has 1 N–H and O–H groups in total. The molecular weight excluding hydrogens is 282 g/mol. The van der Waals surface area contributed by atoms with Crippen molar-refractivity contribution in [3.8, 4) is 0 Å². The first-order valence-corrected chi connectivity index (χ1v) is 7.95. The number of carbonyl (C=O) groups is 1. The Balaban J connectivity index is 2.33. The molecule has 15 heavy (non-hydrogen) atoms. The van der Waals surface area contributed by atoms with E-state index in [4.69, 9.17) is 0 Å². The quantitative estimate of drug-likeness (QED) is 0.786. The van der Waals surface area contributed by atoms with Crippen molar-refractivity contribution < 1.29 is 13.2 Å². The van der Waals surface area contributed by atoms with E-state index in [0.29, 0.717) is 4.83 Å². The number of carbonyl (C=O) groups excluding carboxylic acids is 1. The van der Waals surface area contributed by atoms with Crippen molar-refractivity contribution in [2.75, 3.05) is 12.0 Å². The minimum Gasteiger partial charge on any atom is -0.352 e. The van der Waals surface area contributed by atoms with Crippen LogP contribution >= 0.6 is 15.9 Å². The molecule has 0 aromatic heterocycles. The molecule has 0 aromatic rings. The lowest BCUT2D eigenvalue weighted by atomic mass is 9.95. The summed E-state index contributed by atoms with van der Waals surface area (Å²) in [7, 11) is -3.21. The predicted octanol–water partition coefficient (Wildman–Crippen LogP) is 0.853. The largest absolute Gasteiger partial charge is 0.352 e. The monoisotopic (exact) mass is 297 g/mol. The van der Waals surface area contributed by atoms with Crippen LogP contribution in [0.1, 0.15) is 25.7 Å². The molecular formula is C9H16BrNO3S. The molecule has 1 amide bonds. The Kier molecular flexibility index (Phi) is 4.58. The van der Waals surface area contributed by atoms with E-state index in [-0.39, 0.29) is 11.9 Å². The van der Waals surface area contributed by atoms with Crippen LogP contribution in [-0.2, 0) is 14.6 Å². The average molecular weight is 298 g/mol. The number of halogens is 1. The van der Waals surface area contributed by atoms with Crippen molar-refractivity contribution in [3.05, 3.63) is 0 Å². The van der Waals surface area contributed by atoms with Gasteiger partial charge in [-0.05, 0) is 25.7 Å². The third-order valence-electron chi connectivity index (χ3n) is 2.42. The summed E-state index contributed by atoms with van der Waals surface area (Å²) in [4.78, 5) is 11.8. The van der Waals surface area contributed by atoms with Gasteiger partial charge < -0.3 is 5.32 Å². The van der Waals surface area contributed by atoms with Gasteiger partial charge in [0, 0.05) is 17.1 Å². The van der Waals surface area contributed by atoms with E-state index in [9.17, 15) is 13.2 Å². The summed E-state index contributed by atoms with van der Waals surface area (Å²) in [5.41, 5.74) is 0. The molecule has 0 spiro atoms. The lowest BCUT2D eigenvalue weighted by Crippen LogP contribution is -2.40. The summed E-state index contributed by atoms with van der Waals surface area (Å²) in [6, 6.07) is 0.146. The van der Waals surface area contributed by atoms with Gasteiger partial charge in [0.25, 0.3) is 0 Å². The molecule has 0 bridgehead atoms. The summed E-state index contributed by atoms with van der Waals surface area (Å²) in [6.07, 6.45) is 4.98. The molecule has 6 heteroatoms. The molecule has 0 heterocycles. The van der Waals surface area contributed by atoms with Gasteiger partial charge in [-0.15, -0.1) is 0 Å². The summed E-state index contributed by atoms with van der Waals surface area (Å²) < 4.78 is 21.7. The van der Waals surface area contributed by atoms with E-state index in [1.54, 1.807) is 0 Å². The topological polar surface area (TPSA) is 63.2 Å². The van der Waals surface area contributed by atoms with E-state index in [0.717, 1.165) is 31.9 Å². The molecule has 0 radical (unpaired) electrons. The molecule has 1 aliphatic rings. The minimum absolute atomic E-state index is 0.146. The number of sulfone groups is 1. The van der Waals surface area contributed by atoms with Crippen molar-refractivity contribution in [1.29, 1.82) is 0 Å². The molecule has 1 rings (SSSR count). The van der Waals surface area contributed by atoms with Crippen LogP contribution in [0.4, 0.5) is 0 Å². The van der Waals surface area contributed by atoms with Gasteiger partial charge in [0.05, 0.1) is 0 Å². The average Bonchev–Trinajstić information content (AvgIpc) is 2.05. The summed E-state index contributed by atoms with van der Waals surface area (Å²) in [6.45, 7) is 0. The van der Waals surface area contributed by atoms with Gasteiger partial charge >= 0.3 is 0 Å². The minimum atomic E-state index is -3.21. The standard InChI is InChI=1S/C9H16BrNO3S/c1-15(13,14)6-9(12)11-8-4-2-7(10)3-5-8/h7-8H,2-6H2,1H3,(H,11,12). The lowest BCUT2D eigenvalue weighted by molar-refractivity contribution is -0.119. The fourth-order valence-corrected chi connectivity index (χ4v) is 2.79. The zero-order valence-electron chi connectivity index (χ0n) is 8.70. The van der Waals surface area contributed by atoms with Gasteiger partial charge in [0.15, 0.2) is 9.84 Å². The van der Waals surface area contributed by atoms with Crippen LogP contribution < -0.4 is 5.32 Å². The molecule has 4 nitrogen and oxygen atoms in total. The van der Waals surface area contributed by atoms with Crippen molar-refractivity contribution in [1.82, 2.24) is 5.32 Å². The highest BCUT2D eigenvalue weighted by Gasteiger charge is 2.21. The second kappa shape index (κ2) is 5.30. The fraction of sp³-hybridized carbons (Fsp3) is 0.889. The number of rotatable bonds is 3. The summed E-state index contributed by atoms with van der Waals surface area (Å²) in [5, 5.41) is 2.76. The van der Waals surface area contributed by atoms with Crippen molar-refractivity contribution in [2.45, 2.75) is 36.6 Å². The summed E-state index contributed by atoms with van der Waals surface area (Å²) >= 11 is 3.52. The molecule has 1 saturated carbocycles. The van der Waals surface area contributed by atoms with E-state index < -0.39 is 15.6 Å². The van der Waals surface area contributed by atoms with E-state index >= 15 is 0 Å². The second-order valence-corrected chi connectivity index (χ2v) is 7.52. The zero-order valence-corrected chi connectivity index (χ0v) is 11.1. The molecule has 0 aliphatic heterocycles.